The van der Waals surface area contributed by atoms with Crippen LogP contribution >= 0.6 is 22.7 Å². The molecule has 142 valence electrons. The van der Waals surface area contributed by atoms with E-state index in [2.05, 4.69) is 53.3 Å². The number of hydrogen-bond acceptors (Lipinski definition) is 5. The Kier molecular flexibility index (Phi) is 5.48. The third-order valence-electron chi connectivity index (χ3n) is 5.15. The Hall–Kier alpha value is -1.89. The van der Waals surface area contributed by atoms with Crippen LogP contribution in [0, 0.1) is 13.8 Å². The van der Waals surface area contributed by atoms with Gasteiger partial charge in [0, 0.05) is 27.8 Å². The van der Waals surface area contributed by atoms with Gasteiger partial charge in [-0.05, 0) is 73.7 Å². The maximum absolute atomic E-state index is 12.0. The van der Waals surface area contributed by atoms with Crippen LogP contribution in [0.1, 0.15) is 57.5 Å². The van der Waals surface area contributed by atoms with E-state index in [9.17, 15) is 4.79 Å². The number of aromatic nitrogens is 1. The van der Waals surface area contributed by atoms with Crippen LogP contribution in [0.3, 0.4) is 0 Å². The van der Waals surface area contributed by atoms with E-state index in [-0.39, 0.29) is 11.6 Å². The van der Waals surface area contributed by atoms with Crippen molar-refractivity contribution in [2.75, 3.05) is 6.54 Å². The standard InChI is InChI=1S/C21H24N2O2S2/c1-13-8-11-26-19(13)15(20-14(2)9-12-27-20)5-4-10-22-16-6-3-7-17-18(16)21(24)23-25-17/h5,8-9,11-12,16,22H,3-4,6-7,10H2,1-2H3,(H,23,24). The molecule has 1 aliphatic rings. The first kappa shape index (κ1) is 18.5. The van der Waals surface area contributed by atoms with Crippen molar-refractivity contribution in [2.24, 2.45) is 0 Å². The van der Waals surface area contributed by atoms with Crippen molar-refractivity contribution in [3.05, 3.63) is 71.5 Å². The second kappa shape index (κ2) is 8.00. The van der Waals surface area contributed by atoms with E-state index in [1.54, 1.807) is 22.7 Å². The lowest BCUT2D eigenvalue weighted by molar-refractivity contribution is 0.354. The first-order valence-electron chi connectivity index (χ1n) is 9.38. The minimum absolute atomic E-state index is 0.0816. The van der Waals surface area contributed by atoms with Crippen molar-refractivity contribution >= 4 is 28.2 Å². The molecule has 27 heavy (non-hydrogen) atoms. The first-order chi connectivity index (χ1) is 13.1. The molecule has 3 aromatic rings. The molecule has 4 nitrogen and oxygen atoms in total. The van der Waals surface area contributed by atoms with Gasteiger partial charge in [0.2, 0.25) is 0 Å². The zero-order valence-electron chi connectivity index (χ0n) is 15.6. The van der Waals surface area contributed by atoms with Gasteiger partial charge in [0.05, 0.1) is 5.56 Å². The zero-order chi connectivity index (χ0) is 18.8. The number of hydrogen-bond donors (Lipinski definition) is 2. The number of thiophene rings is 2. The van der Waals surface area contributed by atoms with Crippen molar-refractivity contribution in [1.82, 2.24) is 10.5 Å². The lowest BCUT2D eigenvalue weighted by atomic mass is 9.93. The average molecular weight is 401 g/mol. The van der Waals surface area contributed by atoms with Crippen LogP contribution in [0.5, 0.6) is 0 Å². The van der Waals surface area contributed by atoms with E-state index in [1.165, 1.54) is 26.5 Å². The van der Waals surface area contributed by atoms with Crippen molar-refractivity contribution in [1.29, 1.82) is 0 Å². The Bertz CT molecular complexity index is 963. The fourth-order valence-corrected chi connectivity index (χ4v) is 5.77. The second-order valence-electron chi connectivity index (χ2n) is 7.04. The van der Waals surface area contributed by atoms with Gasteiger partial charge in [-0.15, -0.1) is 22.7 Å². The van der Waals surface area contributed by atoms with Crippen LogP contribution in [0.15, 0.2) is 38.3 Å². The molecule has 0 fully saturated rings. The molecule has 0 radical (unpaired) electrons. The lowest BCUT2D eigenvalue weighted by Crippen LogP contribution is -2.29. The molecule has 1 atom stereocenters. The maximum atomic E-state index is 12.0. The molecule has 0 saturated heterocycles. The summed E-state index contributed by atoms with van der Waals surface area (Å²) in [6.07, 6.45) is 6.15. The Morgan fingerprint density at radius 1 is 1.26 bits per heavy atom. The number of rotatable bonds is 6. The van der Waals surface area contributed by atoms with Gasteiger partial charge in [-0.1, -0.05) is 6.08 Å². The highest BCUT2D eigenvalue weighted by atomic mass is 32.1. The fraction of sp³-hybridized carbons (Fsp3) is 0.381. The third kappa shape index (κ3) is 3.74. The number of aromatic amines is 1. The molecule has 0 aromatic carbocycles. The van der Waals surface area contributed by atoms with Crippen molar-refractivity contribution in [3.63, 3.8) is 0 Å². The quantitative estimate of drug-likeness (QED) is 0.559. The van der Waals surface area contributed by atoms with Crippen LogP contribution in [0.25, 0.3) is 5.57 Å². The van der Waals surface area contributed by atoms with E-state index >= 15 is 0 Å². The minimum Gasteiger partial charge on any atom is -0.383 e. The van der Waals surface area contributed by atoms with E-state index < -0.39 is 0 Å². The predicted octanol–water partition coefficient (Wildman–Crippen LogP) is 5.20. The molecule has 0 saturated carbocycles. The molecule has 3 heterocycles. The van der Waals surface area contributed by atoms with E-state index in [0.717, 1.165) is 43.6 Å². The maximum Gasteiger partial charge on any atom is 0.284 e. The third-order valence-corrected chi connectivity index (χ3v) is 7.25. The molecule has 0 amide bonds. The topological polar surface area (TPSA) is 58.0 Å². The van der Waals surface area contributed by atoms with Crippen molar-refractivity contribution < 1.29 is 4.52 Å². The summed E-state index contributed by atoms with van der Waals surface area (Å²) >= 11 is 3.61. The Balaban J connectivity index is 1.49. The molecule has 0 aliphatic heterocycles. The van der Waals surface area contributed by atoms with E-state index in [0.29, 0.717) is 0 Å². The smallest absolute Gasteiger partial charge is 0.284 e. The highest BCUT2D eigenvalue weighted by molar-refractivity contribution is 7.14. The van der Waals surface area contributed by atoms with Gasteiger partial charge in [-0.25, -0.2) is 0 Å². The normalized spacial score (nSPS) is 16.3. The highest BCUT2D eigenvalue weighted by Crippen LogP contribution is 2.35. The summed E-state index contributed by atoms with van der Waals surface area (Å²) in [5, 5.41) is 10.4. The lowest BCUT2D eigenvalue weighted by Gasteiger charge is -2.21. The average Bonchev–Trinajstić information content (AvgIpc) is 3.37. The van der Waals surface area contributed by atoms with E-state index in [4.69, 9.17) is 4.52 Å². The predicted molar refractivity (Wildman–Crippen MR) is 113 cm³/mol. The summed E-state index contributed by atoms with van der Waals surface area (Å²) in [4.78, 5) is 14.7. The first-order valence-corrected chi connectivity index (χ1v) is 11.1. The van der Waals surface area contributed by atoms with Crippen LogP contribution in [-0.4, -0.2) is 11.7 Å². The number of fused-ring (bicyclic) bond motifs is 1. The van der Waals surface area contributed by atoms with Gasteiger partial charge in [0.15, 0.2) is 0 Å². The van der Waals surface area contributed by atoms with E-state index in [1.807, 2.05) is 0 Å². The number of nitrogens with one attached hydrogen (secondary N) is 2. The summed E-state index contributed by atoms with van der Waals surface area (Å²) in [5.41, 5.74) is 4.71. The molecule has 6 heteroatoms. The minimum atomic E-state index is -0.0816. The number of aryl methyl sites for hydroxylation is 3. The van der Waals surface area contributed by atoms with Crippen LogP contribution in [-0.2, 0) is 6.42 Å². The molecular weight excluding hydrogens is 376 g/mol. The zero-order valence-corrected chi connectivity index (χ0v) is 17.3. The monoisotopic (exact) mass is 400 g/mol. The molecule has 0 spiro atoms. The SMILES string of the molecule is Cc1ccsc1C(=CCCNC1CCCc2o[nH]c(=O)c21)c1sccc1C. The number of H-pyrrole nitrogens is 1. The van der Waals surface area contributed by atoms with Gasteiger partial charge in [-0.3, -0.25) is 4.79 Å². The molecule has 2 N–H and O–H groups in total. The van der Waals surface area contributed by atoms with Gasteiger partial charge in [-0.2, -0.15) is 5.16 Å². The van der Waals surface area contributed by atoms with Crippen LogP contribution in [0.4, 0.5) is 0 Å². The summed E-state index contributed by atoms with van der Waals surface area (Å²) in [6, 6.07) is 4.47. The summed E-state index contributed by atoms with van der Waals surface area (Å²) in [5.74, 6) is 0.823. The Labute approximate surface area is 166 Å². The summed E-state index contributed by atoms with van der Waals surface area (Å²) in [6.45, 7) is 5.19. The van der Waals surface area contributed by atoms with Crippen molar-refractivity contribution in [3.8, 4) is 0 Å². The largest absolute Gasteiger partial charge is 0.383 e. The molecule has 1 unspecified atom stereocenters. The second-order valence-corrected chi connectivity index (χ2v) is 8.87. The van der Waals surface area contributed by atoms with Gasteiger partial charge in [0.25, 0.3) is 5.56 Å². The highest BCUT2D eigenvalue weighted by Gasteiger charge is 2.26. The Morgan fingerprint density at radius 3 is 2.59 bits per heavy atom. The molecule has 0 bridgehead atoms. The Morgan fingerprint density at radius 2 is 1.96 bits per heavy atom. The molecule has 1 aliphatic carbocycles. The summed E-state index contributed by atoms with van der Waals surface area (Å²) in [7, 11) is 0. The van der Waals surface area contributed by atoms with Crippen molar-refractivity contribution in [2.45, 2.75) is 45.6 Å². The molecule has 3 aromatic heterocycles. The molecular formula is C21H24N2O2S2. The fourth-order valence-electron chi connectivity index (χ4n) is 3.76. The van der Waals surface area contributed by atoms with Crippen LogP contribution in [0.2, 0.25) is 0 Å². The molecule has 4 rings (SSSR count). The van der Waals surface area contributed by atoms with Gasteiger partial charge >= 0.3 is 0 Å². The summed E-state index contributed by atoms with van der Waals surface area (Å²) < 4.78 is 5.30. The van der Waals surface area contributed by atoms with Gasteiger partial charge in [0.1, 0.15) is 5.76 Å². The van der Waals surface area contributed by atoms with Crippen LogP contribution < -0.4 is 10.9 Å². The van der Waals surface area contributed by atoms with Gasteiger partial charge < -0.3 is 9.84 Å².